The third kappa shape index (κ3) is 4.97. The molecule has 8 nitrogen and oxygen atoms in total. The number of ether oxygens (including phenoxy) is 5. The van der Waals surface area contributed by atoms with E-state index < -0.39 is 17.8 Å². The largest absolute Gasteiger partial charge is 0.493 e. The zero-order chi connectivity index (χ0) is 25.0. The minimum Gasteiger partial charge on any atom is -0.493 e. The third-order valence-electron chi connectivity index (χ3n) is 6.30. The standard InChI is InChI=1S/C26H35NO7/c1-8-33-11-12-34-25(29)20-15(2)27-17-13-26(3,4)14-18(28)22(17)21(20)16-9-10-19(30-5)24(32-7)23(16)31-6/h9-10,20-21H,8,11-14H2,1-7H3/t20?,21-/m0/s1. The van der Waals surface area contributed by atoms with Crippen LogP contribution in [0.1, 0.15) is 52.0 Å². The maximum Gasteiger partial charge on any atom is 0.315 e. The molecule has 0 N–H and O–H groups in total. The van der Waals surface area contributed by atoms with E-state index in [9.17, 15) is 9.59 Å². The molecule has 2 atom stereocenters. The summed E-state index contributed by atoms with van der Waals surface area (Å²) in [6, 6.07) is 3.58. The van der Waals surface area contributed by atoms with Crippen molar-refractivity contribution in [2.45, 2.75) is 46.5 Å². The molecule has 1 aliphatic carbocycles. The van der Waals surface area contributed by atoms with Gasteiger partial charge < -0.3 is 23.7 Å². The van der Waals surface area contributed by atoms with Gasteiger partial charge in [-0.15, -0.1) is 0 Å². The first kappa shape index (κ1) is 25.7. The minimum atomic E-state index is -0.780. The zero-order valence-electron chi connectivity index (χ0n) is 21.1. The molecular weight excluding hydrogens is 438 g/mol. The van der Waals surface area contributed by atoms with Crippen LogP contribution in [0.5, 0.6) is 17.2 Å². The molecule has 1 unspecified atom stereocenters. The van der Waals surface area contributed by atoms with E-state index in [1.807, 2.05) is 19.9 Å². The first-order valence-electron chi connectivity index (χ1n) is 11.5. The maximum atomic E-state index is 13.5. The number of allylic oxidation sites excluding steroid dienone is 2. The zero-order valence-corrected chi connectivity index (χ0v) is 21.1. The highest BCUT2D eigenvalue weighted by Gasteiger charge is 2.47. The van der Waals surface area contributed by atoms with Gasteiger partial charge in [0, 0.05) is 41.5 Å². The van der Waals surface area contributed by atoms with Crippen molar-refractivity contribution in [2.24, 2.45) is 16.3 Å². The molecule has 0 bridgehead atoms. The van der Waals surface area contributed by atoms with Gasteiger partial charge in [-0.05, 0) is 31.7 Å². The van der Waals surface area contributed by atoms with Crippen molar-refractivity contribution in [3.63, 3.8) is 0 Å². The average molecular weight is 474 g/mol. The monoisotopic (exact) mass is 473 g/mol. The van der Waals surface area contributed by atoms with Gasteiger partial charge in [0.15, 0.2) is 17.3 Å². The smallest absolute Gasteiger partial charge is 0.315 e. The molecule has 1 heterocycles. The summed E-state index contributed by atoms with van der Waals surface area (Å²) < 4.78 is 27.6. The lowest BCUT2D eigenvalue weighted by Crippen LogP contribution is -2.40. The fraction of sp³-hybridized carbons (Fsp3) is 0.577. The van der Waals surface area contributed by atoms with Gasteiger partial charge in [0.2, 0.25) is 5.75 Å². The average Bonchev–Trinajstić information content (AvgIpc) is 2.78. The van der Waals surface area contributed by atoms with E-state index in [4.69, 9.17) is 28.7 Å². The van der Waals surface area contributed by atoms with Gasteiger partial charge >= 0.3 is 5.97 Å². The van der Waals surface area contributed by atoms with Gasteiger partial charge in [-0.3, -0.25) is 14.6 Å². The Morgan fingerprint density at radius 3 is 2.38 bits per heavy atom. The Hall–Kier alpha value is -2.87. The SMILES string of the molecule is CCOCCOC(=O)C1C(C)=NC2=C(C(=O)CC(C)(C)C2)[C@H]1c1ccc(OC)c(OC)c1OC. The van der Waals surface area contributed by atoms with Crippen LogP contribution in [0.25, 0.3) is 0 Å². The summed E-state index contributed by atoms with van der Waals surface area (Å²) in [6.45, 7) is 8.76. The number of aliphatic imine (C=N–C) groups is 1. The van der Waals surface area contributed by atoms with Crippen LogP contribution >= 0.6 is 0 Å². The van der Waals surface area contributed by atoms with E-state index >= 15 is 0 Å². The van der Waals surface area contributed by atoms with E-state index in [1.165, 1.54) is 14.2 Å². The molecule has 0 spiro atoms. The van der Waals surface area contributed by atoms with Crippen molar-refractivity contribution < 1.29 is 33.3 Å². The number of carbonyl (C=O) groups is 2. The van der Waals surface area contributed by atoms with Crippen LogP contribution < -0.4 is 14.2 Å². The van der Waals surface area contributed by atoms with E-state index in [2.05, 4.69) is 13.8 Å². The van der Waals surface area contributed by atoms with Crippen molar-refractivity contribution in [3.05, 3.63) is 29.0 Å². The number of Topliss-reactive ketones (excluding diaryl/α,β-unsaturated/α-hetero) is 1. The van der Waals surface area contributed by atoms with Gasteiger partial charge in [-0.2, -0.15) is 0 Å². The first-order chi connectivity index (χ1) is 16.2. The summed E-state index contributed by atoms with van der Waals surface area (Å²) in [5, 5.41) is 0. The fourth-order valence-electron chi connectivity index (χ4n) is 4.89. The molecule has 0 aromatic heterocycles. The fourth-order valence-corrected chi connectivity index (χ4v) is 4.89. The number of esters is 1. The summed E-state index contributed by atoms with van der Waals surface area (Å²) in [4.78, 5) is 31.6. The molecule has 2 aliphatic rings. The van der Waals surface area contributed by atoms with Crippen molar-refractivity contribution in [1.29, 1.82) is 0 Å². The van der Waals surface area contributed by atoms with Crippen LogP contribution in [0.3, 0.4) is 0 Å². The van der Waals surface area contributed by atoms with Gasteiger partial charge in [0.05, 0.1) is 27.9 Å². The lowest BCUT2D eigenvalue weighted by molar-refractivity contribution is -0.148. The molecule has 1 aromatic rings. The predicted octanol–water partition coefficient (Wildman–Crippen LogP) is 4.11. The number of carbonyl (C=O) groups excluding carboxylic acids is 2. The Kier molecular flexibility index (Phi) is 8.02. The van der Waals surface area contributed by atoms with Crippen molar-refractivity contribution in [2.75, 3.05) is 41.2 Å². The number of nitrogens with zero attached hydrogens (tertiary/aromatic N) is 1. The molecule has 3 rings (SSSR count). The summed E-state index contributed by atoms with van der Waals surface area (Å²) in [6.07, 6.45) is 1.02. The number of rotatable bonds is 9. The second-order valence-electron chi connectivity index (χ2n) is 9.30. The Balaban J connectivity index is 2.17. The molecule has 0 amide bonds. The molecule has 186 valence electrons. The summed E-state index contributed by atoms with van der Waals surface area (Å²) in [5.74, 6) is -0.563. The second-order valence-corrected chi connectivity index (χ2v) is 9.30. The molecule has 8 heteroatoms. The highest BCUT2D eigenvalue weighted by atomic mass is 16.6. The maximum absolute atomic E-state index is 13.5. The molecule has 0 fully saturated rings. The number of ketones is 1. The molecule has 0 saturated heterocycles. The van der Waals surface area contributed by atoms with E-state index in [-0.39, 0.29) is 17.8 Å². The molecule has 0 radical (unpaired) electrons. The Morgan fingerprint density at radius 2 is 1.76 bits per heavy atom. The van der Waals surface area contributed by atoms with Crippen LogP contribution in [0.15, 0.2) is 28.4 Å². The van der Waals surface area contributed by atoms with E-state index in [1.54, 1.807) is 13.2 Å². The Bertz CT molecular complexity index is 1010. The first-order valence-corrected chi connectivity index (χ1v) is 11.5. The summed E-state index contributed by atoms with van der Waals surface area (Å²) >= 11 is 0. The van der Waals surface area contributed by atoms with Gasteiger partial charge in [-0.1, -0.05) is 19.9 Å². The Morgan fingerprint density at radius 1 is 1.06 bits per heavy atom. The van der Waals surface area contributed by atoms with E-state index in [0.29, 0.717) is 60.2 Å². The van der Waals surface area contributed by atoms with Crippen molar-refractivity contribution >= 4 is 17.5 Å². The topological polar surface area (TPSA) is 92.7 Å². The number of hydrogen-bond acceptors (Lipinski definition) is 8. The second kappa shape index (κ2) is 10.6. The van der Waals surface area contributed by atoms with Gasteiger partial charge in [0.25, 0.3) is 0 Å². The van der Waals surface area contributed by atoms with Crippen molar-refractivity contribution in [1.82, 2.24) is 0 Å². The number of hydrogen-bond donors (Lipinski definition) is 0. The highest BCUT2D eigenvalue weighted by molar-refractivity contribution is 6.09. The van der Waals surface area contributed by atoms with E-state index in [0.717, 1.165) is 5.70 Å². The Labute approximate surface area is 201 Å². The minimum absolute atomic E-state index is 0.0172. The normalized spacial score (nSPS) is 21.5. The third-order valence-corrected chi connectivity index (χ3v) is 6.30. The lowest BCUT2D eigenvalue weighted by Gasteiger charge is -2.39. The van der Waals surface area contributed by atoms with Crippen LogP contribution in [0.2, 0.25) is 0 Å². The van der Waals surface area contributed by atoms with Crippen LogP contribution in [0.4, 0.5) is 0 Å². The summed E-state index contributed by atoms with van der Waals surface area (Å²) in [5.41, 5.74) is 2.31. The van der Waals surface area contributed by atoms with Crippen LogP contribution in [-0.2, 0) is 19.1 Å². The quantitative estimate of drug-likeness (QED) is 0.394. The molecule has 34 heavy (non-hydrogen) atoms. The predicted molar refractivity (Wildman–Crippen MR) is 128 cm³/mol. The van der Waals surface area contributed by atoms with Gasteiger partial charge in [-0.25, -0.2) is 0 Å². The lowest BCUT2D eigenvalue weighted by atomic mass is 9.66. The summed E-state index contributed by atoms with van der Waals surface area (Å²) in [7, 11) is 4.59. The molecule has 1 aromatic carbocycles. The van der Waals surface area contributed by atoms with Gasteiger partial charge in [0.1, 0.15) is 12.5 Å². The molecule has 1 aliphatic heterocycles. The van der Waals surface area contributed by atoms with Crippen molar-refractivity contribution in [3.8, 4) is 17.2 Å². The number of benzene rings is 1. The molecule has 0 saturated carbocycles. The highest BCUT2D eigenvalue weighted by Crippen LogP contribution is 2.52. The van der Waals surface area contributed by atoms with Crippen LogP contribution in [-0.4, -0.2) is 58.6 Å². The number of methoxy groups -OCH3 is 3. The molecular formula is C26H35NO7. The van der Waals surface area contributed by atoms with Crippen LogP contribution in [0, 0.1) is 11.3 Å².